The van der Waals surface area contributed by atoms with Crippen LogP contribution in [0.1, 0.15) is 47.9 Å². The Hall–Kier alpha value is -2.82. The molecular weight excluding hydrogens is 483 g/mol. The Balaban J connectivity index is 1.35. The molecule has 1 aliphatic carbocycles. The quantitative estimate of drug-likeness (QED) is 0.432. The molecule has 2 amide bonds. The van der Waals surface area contributed by atoms with Crippen molar-refractivity contribution in [2.75, 3.05) is 6.61 Å². The fraction of sp³-hybridized carbons (Fsp3) is 0.391. The van der Waals surface area contributed by atoms with Crippen molar-refractivity contribution in [1.82, 2.24) is 20.6 Å². The van der Waals surface area contributed by atoms with Crippen LogP contribution >= 0.6 is 22.9 Å². The van der Waals surface area contributed by atoms with Crippen molar-refractivity contribution in [2.24, 2.45) is 5.92 Å². The Morgan fingerprint density at radius 3 is 2.94 bits per heavy atom. The topological polar surface area (TPSA) is 113 Å². The Morgan fingerprint density at radius 2 is 2.18 bits per heavy atom. The maximum absolute atomic E-state index is 13.3. The average Bonchev–Trinajstić information content (AvgIpc) is 3.41. The number of nitrogens with one attached hydrogen (secondary N) is 3. The van der Waals surface area contributed by atoms with Crippen molar-refractivity contribution in [3.63, 3.8) is 0 Å². The molecule has 1 saturated carbocycles. The lowest BCUT2D eigenvalue weighted by molar-refractivity contribution is -0.119. The predicted octanol–water partition coefficient (Wildman–Crippen LogP) is 3.53. The third-order valence-corrected chi connectivity index (χ3v) is 6.94. The predicted molar refractivity (Wildman–Crippen MR) is 127 cm³/mol. The molecule has 0 aliphatic heterocycles. The van der Waals surface area contributed by atoms with E-state index in [0.29, 0.717) is 28.3 Å². The lowest BCUT2D eigenvalue weighted by Gasteiger charge is -2.12. The van der Waals surface area contributed by atoms with Gasteiger partial charge in [0.25, 0.3) is 11.5 Å². The summed E-state index contributed by atoms with van der Waals surface area (Å²) in [6.07, 6.45) is 2.81. The van der Waals surface area contributed by atoms with Crippen molar-refractivity contribution in [1.29, 1.82) is 0 Å². The van der Waals surface area contributed by atoms with Gasteiger partial charge in [-0.3, -0.25) is 14.4 Å². The number of amides is 2. The second-order valence-corrected chi connectivity index (χ2v) is 9.64. The van der Waals surface area contributed by atoms with E-state index >= 15 is 0 Å². The first kappa shape index (κ1) is 24.3. The van der Waals surface area contributed by atoms with E-state index in [4.69, 9.17) is 16.3 Å². The van der Waals surface area contributed by atoms with Crippen molar-refractivity contribution < 1.29 is 18.7 Å². The largest absolute Gasteiger partial charge is 0.376 e. The highest BCUT2D eigenvalue weighted by Gasteiger charge is 2.25. The molecule has 0 saturated heterocycles. The summed E-state index contributed by atoms with van der Waals surface area (Å²) in [5, 5.41) is 7.77. The minimum absolute atomic E-state index is 0.0176. The Labute approximate surface area is 203 Å². The van der Waals surface area contributed by atoms with Crippen LogP contribution in [-0.4, -0.2) is 34.4 Å². The Kier molecular flexibility index (Phi) is 7.60. The van der Waals surface area contributed by atoms with E-state index in [1.54, 1.807) is 0 Å². The van der Waals surface area contributed by atoms with Crippen molar-refractivity contribution >= 4 is 45.0 Å². The molecule has 8 nitrogen and oxygen atoms in total. The number of carbonyl (C=O) groups excluding carboxylic acids is 2. The summed E-state index contributed by atoms with van der Waals surface area (Å²) < 4.78 is 19.1. The maximum Gasteiger partial charge on any atom is 0.287 e. The molecule has 1 aromatic carbocycles. The Bertz CT molecular complexity index is 1280. The van der Waals surface area contributed by atoms with Gasteiger partial charge in [0.05, 0.1) is 17.0 Å². The molecule has 3 N–H and O–H groups in total. The number of H-pyrrole nitrogens is 1. The molecule has 34 heavy (non-hydrogen) atoms. The molecule has 180 valence electrons. The molecule has 2 heterocycles. The third-order valence-electron chi connectivity index (χ3n) is 5.73. The highest BCUT2D eigenvalue weighted by molar-refractivity contribution is 7.16. The van der Waals surface area contributed by atoms with Gasteiger partial charge in [-0.2, -0.15) is 0 Å². The van der Waals surface area contributed by atoms with Crippen LogP contribution in [0.5, 0.6) is 0 Å². The molecule has 2 unspecified atom stereocenters. The highest BCUT2D eigenvalue weighted by Crippen LogP contribution is 2.27. The Morgan fingerprint density at radius 1 is 1.35 bits per heavy atom. The number of ether oxygens (including phenoxy) is 1. The molecule has 3 aromatic rings. The number of nitrogens with zero attached hydrogens (tertiary/aromatic N) is 1. The molecule has 2 aromatic heterocycles. The van der Waals surface area contributed by atoms with E-state index in [-0.39, 0.29) is 35.9 Å². The average molecular weight is 507 g/mol. The zero-order chi connectivity index (χ0) is 24.2. The normalized spacial score (nSPS) is 17.7. The van der Waals surface area contributed by atoms with Crippen molar-refractivity contribution in [2.45, 2.75) is 45.4 Å². The SMILES string of the molecule is CC(=O)NC1CCC(COCc2csc3nc(C(=O)NCc4ccc(F)c(Cl)c4)[nH]c(=O)c23)C1. The van der Waals surface area contributed by atoms with Gasteiger partial charge < -0.3 is 20.4 Å². The van der Waals surface area contributed by atoms with Gasteiger partial charge >= 0.3 is 0 Å². The summed E-state index contributed by atoms with van der Waals surface area (Å²) in [5.74, 6) is -0.848. The molecule has 2 atom stereocenters. The van der Waals surface area contributed by atoms with Gasteiger partial charge in [0.2, 0.25) is 11.7 Å². The highest BCUT2D eigenvalue weighted by atomic mass is 35.5. The smallest absolute Gasteiger partial charge is 0.287 e. The standard InChI is InChI=1S/C23H24ClFN4O4S/c1-12(30)27-16-4-2-14(6-16)9-33-10-15-11-34-23-19(15)21(31)28-20(29-23)22(32)26-8-13-3-5-18(25)17(24)7-13/h3,5,7,11,14,16H,2,4,6,8-10H2,1H3,(H,26,32)(H,27,30)(H,28,29,31). The van der Waals surface area contributed by atoms with Crippen LogP contribution in [-0.2, 0) is 22.7 Å². The van der Waals surface area contributed by atoms with Gasteiger partial charge in [0.15, 0.2) is 0 Å². The van der Waals surface area contributed by atoms with Gasteiger partial charge in [-0.15, -0.1) is 11.3 Å². The monoisotopic (exact) mass is 506 g/mol. The fourth-order valence-electron chi connectivity index (χ4n) is 4.12. The van der Waals surface area contributed by atoms with Crippen LogP contribution in [0.4, 0.5) is 4.39 Å². The second kappa shape index (κ2) is 10.6. The molecule has 0 spiro atoms. The van der Waals surface area contributed by atoms with Crippen molar-refractivity contribution in [3.05, 3.63) is 61.7 Å². The van der Waals surface area contributed by atoms with E-state index in [0.717, 1.165) is 24.8 Å². The number of fused-ring (bicyclic) bond motifs is 1. The summed E-state index contributed by atoms with van der Waals surface area (Å²) in [6, 6.07) is 4.36. The van der Waals surface area contributed by atoms with Crippen molar-refractivity contribution in [3.8, 4) is 0 Å². The van der Waals surface area contributed by atoms with Crippen LogP contribution in [0, 0.1) is 11.7 Å². The number of rotatable bonds is 8. The summed E-state index contributed by atoms with van der Waals surface area (Å²) >= 11 is 7.03. The lowest BCUT2D eigenvalue weighted by atomic mass is 10.1. The molecule has 0 radical (unpaired) electrons. The number of aromatic nitrogens is 2. The molecule has 1 aliphatic rings. The minimum atomic E-state index is -0.555. The first-order valence-electron chi connectivity index (χ1n) is 10.9. The first-order valence-corrected chi connectivity index (χ1v) is 12.1. The number of benzene rings is 1. The molecule has 0 bridgehead atoms. The zero-order valence-corrected chi connectivity index (χ0v) is 20.0. The van der Waals surface area contributed by atoms with Crippen LogP contribution in [0.3, 0.4) is 0 Å². The van der Waals surface area contributed by atoms with Crippen LogP contribution < -0.4 is 16.2 Å². The number of hydrogen-bond donors (Lipinski definition) is 3. The van der Waals surface area contributed by atoms with Crippen LogP contribution in [0.2, 0.25) is 5.02 Å². The number of aromatic amines is 1. The van der Waals surface area contributed by atoms with E-state index in [9.17, 15) is 18.8 Å². The van der Waals surface area contributed by atoms with E-state index < -0.39 is 17.3 Å². The summed E-state index contributed by atoms with van der Waals surface area (Å²) in [4.78, 5) is 43.6. The summed E-state index contributed by atoms with van der Waals surface area (Å²) in [6.45, 7) is 2.44. The van der Waals surface area contributed by atoms with Gasteiger partial charge in [-0.25, -0.2) is 9.37 Å². The molecule has 11 heteroatoms. The number of thiophene rings is 1. The minimum Gasteiger partial charge on any atom is -0.376 e. The zero-order valence-electron chi connectivity index (χ0n) is 18.5. The lowest BCUT2D eigenvalue weighted by Crippen LogP contribution is -2.30. The van der Waals surface area contributed by atoms with E-state index in [1.807, 2.05) is 5.38 Å². The van der Waals surface area contributed by atoms with Gasteiger partial charge in [0, 0.05) is 31.7 Å². The van der Waals surface area contributed by atoms with Crippen LogP contribution in [0.25, 0.3) is 10.2 Å². The first-order chi connectivity index (χ1) is 16.3. The third kappa shape index (κ3) is 5.81. The summed E-state index contributed by atoms with van der Waals surface area (Å²) in [7, 11) is 0. The maximum atomic E-state index is 13.3. The van der Waals surface area contributed by atoms with E-state index in [2.05, 4.69) is 20.6 Å². The van der Waals surface area contributed by atoms with Gasteiger partial charge in [-0.05, 0) is 48.3 Å². The van der Waals surface area contributed by atoms with Crippen LogP contribution in [0.15, 0.2) is 28.4 Å². The van der Waals surface area contributed by atoms with E-state index in [1.165, 1.54) is 36.5 Å². The number of halogens is 2. The summed E-state index contributed by atoms with van der Waals surface area (Å²) in [5.41, 5.74) is 0.925. The molecule has 1 fully saturated rings. The second-order valence-electron chi connectivity index (χ2n) is 8.38. The van der Waals surface area contributed by atoms with Gasteiger partial charge in [0.1, 0.15) is 10.6 Å². The fourth-order valence-corrected chi connectivity index (χ4v) is 5.25. The van der Waals surface area contributed by atoms with Gasteiger partial charge in [-0.1, -0.05) is 17.7 Å². The molecular formula is C23H24ClFN4O4S. The number of carbonyl (C=O) groups is 2. The molecule has 4 rings (SSSR count). The number of hydrogen-bond acceptors (Lipinski definition) is 6.